The summed E-state index contributed by atoms with van der Waals surface area (Å²) in [6, 6.07) is 13.7. The fourth-order valence-electron chi connectivity index (χ4n) is 2.52. The van der Waals surface area contributed by atoms with Gasteiger partial charge in [-0.05, 0) is 30.2 Å². The van der Waals surface area contributed by atoms with Gasteiger partial charge >= 0.3 is 0 Å². The molecule has 3 rings (SSSR count). The van der Waals surface area contributed by atoms with E-state index in [-0.39, 0.29) is 17.2 Å². The number of benzene rings is 2. The molecule has 0 aliphatic rings. The van der Waals surface area contributed by atoms with Gasteiger partial charge in [-0.15, -0.1) is 10.2 Å². The molecule has 0 unspecified atom stereocenters. The highest BCUT2D eigenvalue weighted by Crippen LogP contribution is 2.25. The summed E-state index contributed by atoms with van der Waals surface area (Å²) in [6.45, 7) is 2.01. The average Bonchev–Trinajstić information content (AvgIpc) is 3.01. The number of aromatic nitrogens is 3. The van der Waals surface area contributed by atoms with Crippen LogP contribution >= 0.6 is 11.8 Å². The Labute approximate surface area is 160 Å². The molecule has 138 valence electrons. The van der Waals surface area contributed by atoms with Crippen molar-refractivity contribution in [3.05, 3.63) is 59.7 Å². The minimum absolute atomic E-state index is 0.0604. The number of rotatable bonds is 6. The number of carbonyl (C=O) groups excluding carboxylic acids is 2. The lowest BCUT2D eigenvalue weighted by Gasteiger charge is -2.08. The van der Waals surface area contributed by atoms with E-state index in [2.05, 4.69) is 15.5 Å². The van der Waals surface area contributed by atoms with Gasteiger partial charge in [-0.2, -0.15) is 0 Å². The van der Waals surface area contributed by atoms with Crippen LogP contribution in [0, 0.1) is 6.92 Å². The van der Waals surface area contributed by atoms with E-state index in [9.17, 15) is 14.7 Å². The molecule has 0 spiro atoms. The molecule has 1 heterocycles. The number of carboxylic acid groups (broad SMARTS) is 1. The van der Waals surface area contributed by atoms with E-state index < -0.39 is 5.97 Å². The summed E-state index contributed by atoms with van der Waals surface area (Å²) in [7, 11) is 1.86. The highest BCUT2D eigenvalue weighted by Gasteiger charge is 2.14. The van der Waals surface area contributed by atoms with Crippen molar-refractivity contribution >= 4 is 29.3 Å². The molecule has 27 heavy (non-hydrogen) atoms. The first-order chi connectivity index (χ1) is 13.0. The minimum atomic E-state index is -1.25. The van der Waals surface area contributed by atoms with E-state index in [0.29, 0.717) is 10.8 Å². The summed E-state index contributed by atoms with van der Waals surface area (Å²) in [5.74, 6) is -0.576. The van der Waals surface area contributed by atoms with Crippen LogP contribution in [0.25, 0.3) is 11.4 Å². The number of hydrogen-bond donors (Lipinski definition) is 1. The molecular weight excluding hydrogens is 364 g/mol. The molecule has 0 fully saturated rings. The largest absolute Gasteiger partial charge is 0.545 e. The smallest absolute Gasteiger partial charge is 0.234 e. The number of nitrogens with one attached hydrogen (secondary N) is 1. The summed E-state index contributed by atoms with van der Waals surface area (Å²) in [6.07, 6.45) is 0. The van der Waals surface area contributed by atoms with Crippen LogP contribution in [0.15, 0.2) is 53.7 Å². The number of hydrogen-bond acceptors (Lipinski definition) is 6. The number of anilines is 1. The Morgan fingerprint density at radius 1 is 1.11 bits per heavy atom. The number of thioether (sulfide) groups is 1. The van der Waals surface area contributed by atoms with Crippen LogP contribution in [0.4, 0.5) is 5.69 Å². The van der Waals surface area contributed by atoms with Crippen LogP contribution in [0.2, 0.25) is 0 Å². The number of nitrogens with zero attached hydrogens (tertiary/aromatic N) is 3. The van der Waals surface area contributed by atoms with Gasteiger partial charge in [-0.25, -0.2) is 0 Å². The lowest BCUT2D eigenvalue weighted by Crippen LogP contribution is -2.22. The molecule has 8 heteroatoms. The maximum Gasteiger partial charge on any atom is 0.234 e. The van der Waals surface area contributed by atoms with E-state index in [1.54, 1.807) is 0 Å². The number of amides is 1. The lowest BCUT2D eigenvalue weighted by atomic mass is 10.1. The molecule has 3 aromatic rings. The van der Waals surface area contributed by atoms with Gasteiger partial charge in [-0.3, -0.25) is 4.79 Å². The Hall–Kier alpha value is -3.13. The first kappa shape index (κ1) is 18.7. The average molecular weight is 381 g/mol. The van der Waals surface area contributed by atoms with Crippen molar-refractivity contribution < 1.29 is 14.7 Å². The maximum atomic E-state index is 12.1. The summed E-state index contributed by atoms with van der Waals surface area (Å²) >= 11 is 1.28. The Kier molecular flexibility index (Phi) is 5.56. The van der Waals surface area contributed by atoms with Gasteiger partial charge < -0.3 is 19.8 Å². The van der Waals surface area contributed by atoms with Crippen molar-refractivity contribution in [3.63, 3.8) is 0 Å². The molecule has 0 bridgehead atoms. The molecule has 1 N–H and O–H groups in total. The molecule has 0 atom stereocenters. The van der Waals surface area contributed by atoms with Crippen molar-refractivity contribution in [2.24, 2.45) is 7.05 Å². The second-order valence-corrected chi connectivity index (χ2v) is 6.82. The standard InChI is InChI=1S/C19H18N4O3S/c1-12-5-3-4-6-15(12)17-21-22-19(23(17)2)27-11-16(24)20-14-9-7-13(8-10-14)18(25)26/h3-10H,11H2,1-2H3,(H,20,24)(H,25,26)/p-1. The van der Waals surface area contributed by atoms with Gasteiger partial charge in [-0.1, -0.05) is 48.2 Å². The highest BCUT2D eigenvalue weighted by atomic mass is 32.2. The monoisotopic (exact) mass is 381 g/mol. The predicted molar refractivity (Wildman–Crippen MR) is 101 cm³/mol. The second-order valence-electron chi connectivity index (χ2n) is 5.88. The third-order valence-corrected chi connectivity index (χ3v) is 4.98. The van der Waals surface area contributed by atoms with Crippen LogP contribution in [-0.4, -0.2) is 32.4 Å². The summed E-state index contributed by atoms with van der Waals surface area (Å²) in [5.41, 5.74) is 2.67. The van der Waals surface area contributed by atoms with Crippen molar-refractivity contribution in [1.29, 1.82) is 0 Å². The Morgan fingerprint density at radius 3 is 2.48 bits per heavy atom. The van der Waals surface area contributed by atoms with Crippen LogP contribution in [-0.2, 0) is 11.8 Å². The van der Waals surface area contributed by atoms with Crippen LogP contribution in [0.1, 0.15) is 15.9 Å². The number of aryl methyl sites for hydroxylation is 1. The summed E-state index contributed by atoms with van der Waals surface area (Å²) < 4.78 is 1.86. The first-order valence-electron chi connectivity index (χ1n) is 8.15. The van der Waals surface area contributed by atoms with E-state index in [4.69, 9.17) is 0 Å². The van der Waals surface area contributed by atoms with E-state index in [0.717, 1.165) is 17.0 Å². The number of aromatic carboxylic acids is 1. The molecular formula is C19H17N4O3S-. The van der Waals surface area contributed by atoms with Crippen molar-refractivity contribution in [1.82, 2.24) is 14.8 Å². The number of carbonyl (C=O) groups is 2. The van der Waals surface area contributed by atoms with Crippen LogP contribution in [0.3, 0.4) is 0 Å². The molecule has 0 radical (unpaired) electrons. The second kappa shape index (κ2) is 8.05. The first-order valence-corrected chi connectivity index (χ1v) is 9.13. The zero-order valence-electron chi connectivity index (χ0n) is 14.8. The van der Waals surface area contributed by atoms with Crippen molar-refractivity contribution in [2.75, 3.05) is 11.1 Å². The van der Waals surface area contributed by atoms with Gasteiger partial charge in [0.05, 0.1) is 11.7 Å². The molecule has 1 aromatic heterocycles. The molecule has 0 saturated heterocycles. The zero-order valence-corrected chi connectivity index (χ0v) is 15.6. The predicted octanol–water partition coefficient (Wildman–Crippen LogP) is 1.88. The van der Waals surface area contributed by atoms with Gasteiger partial charge in [0, 0.05) is 18.3 Å². The van der Waals surface area contributed by atoms with Crippen LogP contribution < -0.4 is 10.4 Å². The topological polar surface area (TPSA) is 99.9 Å². The minimum Gasteiger partial charge on any atom is -0.545 e. The Bertz CT molecular complexity index is 983. The molecule has 0 aliphatic carbocycles. The fraction of sp³-hybridized carbons (Fsp3) is 0.158. The van der Waals surface area contributed by atoms with Crippen molar-refractivity contribution in [3.8, 4) is 11.4 Å². The molecule has 0 aliphatic heterocycles. The highest BCUT2D eigenvalue weighted by molar-refractivity contribution is 7.99. The normalized spacial score (nSPS) is 10.6. The number of carboxylic acids is 1. The van der Waals surface area contributed by atoms with E-state index >= 15 is 0 Å². The van der Waals surface area contributed by atoms with Crippen molar-refractivity contribution in [2.45, 2.75) is 12.1 Å². The lowest BCUT2D eigenvalue weighted by molar-refractivity contribution is -0.255. The Balaban J connectivity index is 1.62. The van der Waals surface area contributed by atoms with E-state index in [1.807, 2.05) is 42.8 Å². The third-order valence-electron chi connectivity index (χ3n) is 3.96. The van der Waals surface area contributed by atoms with Gasteiger partial charge in [0.25, 0.3) is 0 Å². The maximum absolute atomic E-state index is 12.1. The van der Waals surface area contributed by atoms with Gasteiger partial charge in [0.1, 0.15) is 0 Å². The summed E-state index contributed by atoms with van der Waals surface area (Å²) in [4.78, 5) is 22.9. The molecule has 2 aromatic carbocycles. The summed E-state index contributed by atoms with van der Waals surface area (Å²) in [5, 5.41) is 22.5. The van der Waals surface area contributed by atoms with E-state index in [1.165, 1.54) is 36.0 Å². The third kappa shape index (κ3) is 4.35. The van der Waals surface area contributed by atoms with Gasteiger partial charge in [0.2, 0.25) is 5.91 Å². The van der Waals surface area contributed by atoms with Crippen LogP contribution in [0.5, 0.6) is 0 Å². The molecule has 1 amide bonds. The zero-order chi connectivity index (χ0) is 19.4. The molecule has 7 nitrogen and oxygen atoms in total. The Morgan fingerprint density at radius 2 is 1.81 bits per heavy atom. The molecule has 0 saturated carbocycles. The SMILES string of the molecule is Cc1ccccc1-c1nnc(SCC(=O)Nc2ccc(C(=O)[O-])cc2)n1C. The fourth-order valence-corrected chi connectivity index (χ4v) is 3.23. The quantitative estimate of drug-likeness (QED) is 0.655. The van der Waals surface area contributed by atoms with Gasteiger partial charge in [0.15, 0.2) is 11.0 Å².